The van der Waals surface area contributed by atoms with Crippen LogP contribution in [-0.4, -0.2) is 29.8 Å². The third kappa shape index (κ3) is 1.92. The van der Waals surface area contributed by atoms with Crippen LogP contribution in [0.15, 0.2) is 18.3 Å². The summed E-state index contributed by atoms with van der Waals surface area (Å²) in [6.07, 6.45) is 1.69. The van der Waals surface area contributed by atoms with Crippen molar-refractivity contribution in [2.24, 2.45) is 0 Å². The van der Waals surface area contributed by atoms with Gasteiger partial charge < -0.3 is 15.2 Å². The molecule has 0 aliphatic carbocycles. The van der Waals surface area contributed by atoms with E-state index in [1.165, 1.54) is 0 Å². The lowest BCUT2D eigenvalue weighted by molar-refractivity contribution is 0.0760. The van der Waals surface area contributed by atoms with Crippen LogP contribution in [0.25, 0.3) is 0 Å². The molecule has 1 fully saturated rings. The van der Waals surface area contributed by atoms with Crippen molar-refractivity contribution in [1.82, 2.24) is 10.3 Å². The molecule has 1 aliphatic rings. The highest BCUT2D eigenvalue weighted by Crippen LogP contribution is 2.18. The first-order chi connectivity index (χ1) is 6.92. The van der Waals surface area contributed by atoms with Gasteiger partial charge in [0.2, 0.25) is 0 Å². The lowest BCUT2D eigenvalue weighted by Crippen LogP contribution is -2.35. The maximum atomic E-state index is 9.12. The monoisotopic (exact) mass is 194 g/mol. The van der Waals surface area contributed by atoms with Gasteiger partial charge in [0.05, 0.1) is 31.6 Å². The van der Waals surface area contributed by atoms with Gasteiger partial charge in [0, 0.05) is 12.7 Å². The number of aromatic nitrogens is 1. The standard InChI is InChI=1S/C10H14N2O2/c13-6-9-8(2-1-3-11-9)10-7-14-5-4-12-10/h1-3,10,12-13H,4-7H2/t10-/m0/s1. The quantitative estimate of drug-likeness (QED) is 0.708. The summed E-state index contributed by atoms with van der Waals surface area (Å²) in [5.41, 5.74) is 1.77. The number of pyridine rings is 1. The van der Waals surface area contributed by atoms with E-state index in [9.17, 15) is 0 Å². The predicted molar refractivity (Wildman–Crippen MR) is 51.7 cm³/mol. The fourth-order valence-corrected chi connectivity index (χ4v) is 1.66. The summed E-state index contributed by atoms with van der Waals surface area (Å²) in [5, 5.41) is 12.5. The Hall–Kier alpha value is -0.970. The van der Waals surface area contributed by atoms with Crippen LogP contribution in [0.1, 0.15) is 17.3 Å². The first-order valence-corrected chi connectivity index (χ1v) is 4.77. The molecule has 4 heteroatoms. The zero-order chi connectivity index (χ0) is 9.80. The molecule has 1 aliphatic heterocycles. The molecule has 76 valence electrons. The lowest BCUT2D eigenvalue weighted by Gasteiger charge is -2.25. The van der Waals surface area contributed by atoms with Crippen molar-refractivity contribution in [2.45, 2.75) is 12.6 Å². The van der Waals surface area contributed by atoms with Gasteiger partial charge in [0.25, 0.3) is 0 Å². The highest BCUT2D eigenvalue weighted by atomic mass is 16.5. The number of aliphatic hydroxyl groups is 1. The number of rotatable bonds is 2. The summed E-state index contributed by atoms with van der Waals surface area (Å²) in [6, 6.07) is 4.02. The molecule has 1 aromatic rings. The van der Waals surface area contributed by atoms with Crippen molar-refractivity contribution >= 4 is 0 Å². The molecule has 1 saturated heterocycles. The first kappa shape index (κ1) is 9.58. The van der Waals surface area contributed by atoms with E-state index >= 15 is 0 Å². The summed E-state index contributed by atoms with van der Waals surface area (Å²) in [6.45, 7) is 2.24. The zero-order valence-corrected chi connectivity index (χ0v) is 7.94. The van der Waals surface area contributed by atoms with E-state index in [2.05, 4.69) is 10.3 Å². The second-order valence-corrected chi connectivity index (χ2v) is 3.28. The van der Waals surface area contributed by atoms with Crippen molar-refractivity contribution in [3.8, 4) is 0 Å². The summed E-state index contributed by atoms with van der Waals surface area (Å²) < 4.78 is 5.36. The molecule has 14 heavy (non-hydrogen) atoms. The van der Waals surface area contributed by atoms with Gasteiger partial charge in [-0.2, -0.15) is 0 Å². The van der Waals surface area contributed by atoms with E-state index in [0.717, 1.165) is 24.4 Å². The number of hydrogen-bond donors (Lipinski definition) is 2. The maximum absolute atomic E-state index is 9.12. The Morgan fingerprint density at radius 1 is 1.64 bits per heavy atom. The van der Waals surface area contributed by atoms with E-state index in [1.807, 2.05) is 12.1 Å². The molecule has 2 N–H and O–H groups in total. The molecule has 0 saturated carbocycles. The fraction of sp³-hybridized carbons (Fsp3) is 0.500. The number of nitrogens with zero attached hydrogens (tertiary/aromatic N) is 1. The normalized spacial score (nSPS) is 22.2. The topological polar surface area (TPSA) is 54.4 Å². The van der Waals surface area contributed by atoms with Crippen molar-refractivity contribution in [1.29, 1.82) is 0 Å². The molecule has 0 unspecified atom stereocenters. The SMILES string of the molecule is OCc1ncccc1[C@@H]1COCCN1. The van der Waals surface area contributed by atoms with Crippen LogP contribution in [0.2, 0.25) is 0 Å². The van der Waals surface area contributed by atoms with Gasteiger partial charge >= 0.3 is 0 Å². The molecule has 0 amide bonds. The van der Waals surface area contributed by atoms with Gasteiger partial charge in [0.15, 0.2) is 0 Å². The van der Waals surface area contributed by atoms with E-state index < -0.39 is 0 Å². The van der Waals surface area contributed by atoms with E-state index in [-0.39, 0.29) is 12.6 Å². The molecule has 0 radical (unpaired) electrons. The first-order valence-electron chi connectivity index (χ1n) is 4.77. The Kier molecular flexibility index (Phi) is 3.08. The summed E-state index contributed by atoms with van der Waals surface area (Å²) in [5.74, 6) is 0. The van der Waals surface area contributed by atoms with Crippen LogP contribution < -0.4 is 5.32 Å². The van der Waals surface area contributed by atoms with Crippen molar-refractivity contribution in [2.75, 3.05) is 19.8 Å². The third-order valence-corrected chi connectivity index (χ3v) is 2.37. The highest BCUT2D eigenvalue weighted by Gasteiger charge is 2.17. The number of morpholine rings is 1. The smallest absolute Gasteiger partial charge is 0.0856 e. The average molecular weight is 194 g/mol. The molecule has 4 nitrogen and oxygen atoms in total. The second kappa shape index (κ2) is 4.50. The fourth-order valence-electron chi connectivity index (χ4n) is 1.66. The molecule has 1 aromatic heterocycles. The van der Waals surface area contributed by atoms with Crippen LogP contribution in [0, 0.1) is 0 Å². The maximum Gasteiger partial charge on any atom is 0.0856 e. The number of ether oxygens (including phenoxy) is 1. The minimum absolute atomic E-state index is 0.0195. The van der Waals surface area contributed by atoms with Crippen molar-refractivity contribution in [3.63, 3.8) is 0 Å². The van der Waals surface area contributed by atoms with Crippen LogP contribution in [0.4, 0.5) is 0 Å². The van der Waals surface area contributed by atoms with Crippen LogP contribution in [0.5, 0.6) is 0 Å². The Morgan fingerprint density at radius 3 is 3.29 bits per heavy atom. The van der Waals surface area contributed by atoms with Crippen LogP contribution >= 0.6 is 0 Å². The van der Waals surface area contributed by atoms with Gasteiger partial charge in [-0.1, -0.05) is 6.07 Å². The number of nitrogens with one attached hydrogen (secondary N) is 1. The molecular formula is C10H14N2O2. The molecule has 2 heterocycles. The molecular weight excluding hydrogens is 180 g/mol. The molecule has 2 rings (SSSR count). The molecule has 1 atom stereocenters. The van der Waals surface area contributed by atoms with Crippen LogP contribution in [0.3, 0.4) is 0 Å². The van der Waals surface area contributed by atoms with E-state index in [0.29, 0.717) is 6.61 Å². The van der Waals surface area contributed by atoms with Crippen LogP contribution in [-0.2, 0) is 11.3 Å². The molecule has 0 aromatic carbocycles. The largest absolute Gasteiger partial charge is 0.390 e. The summed E-state index contributed by atoms with van der Waals surface area (Å²) >= 11 is 0. The van der Waals surface area contributed by atoms with Gasteiger partial charge in [-0.15, -0.1) is 0 Å². The van der Waals surface area contributed by atoms with Gasteiger partial charge in [0.1, 0.15) is 0 Å². The van der Waals surface area contributed by atoms with E-state index in [4.69, 9.17) is 9.84 Å². The minimum Gasteiger partial charge on any atom is -0.390 e. The van der Waals surface area contributed by atoms with Gasteiger partial charge in [-0.05, 0) is 11.6 Å². The average Bonchev–Trinajstić information content (AvgIpc) is 2.30. The minimum atomic E-state index is -0.0195. The van der Waals surface area contributed by atoms with E-state index in [1.54, 1.807) is 6.20 Å². The summed E-state index contributed by atoms with van der Waals surface area (Å²) in [4.78, 5) is 4.13. The molecule has 0 bridgehead atoms. The predicted octanol–water partition coefficient (Wildman–Crippen LogP) is 0.235. The lowest BCUT2D eigenvalue weighted by atomic mass is 10.1. The summed E-state index contributed by atoms with van der Waals surface area (Å²) in [7, 11) is 0. The van der Waals surface area contributed by atoms with Gasteiger partial charge in [-0.3, -0.25) is 4.98 Å². The molecule has 0 spiro atoms. The Balaban J connectivity index is 2.20. The Bertz CT molecular complexity index is 298. The second-order valence-electron chi connectivity index (χ2n) is 3.28. The number of aliphatic hydroxyl groups excluding tert-OH is 1. The Morgan fingerprint density at radius 2 is 2.57 bits per heavy atom. The third-order valence-electron chi connectivity index (χ3n) is 2.37. The Labute approximate surface area is 82.9 Å². The van der Waals surface area contributed by atoms with Crippen molar-refractivity contribution < 1.29 is 9.84 Å². The zero-order valence-electron chi connectivity index (χ0n) is 7.94. The van der Waals surface area contributed by atoms with Gasteiger partial charge in [-0.25, -0.2) is 0 Å². The van der Waals surface area contributed by atoms with Crippen molar-refractivity contribution in [3.05, 3.63) is 29.6 Å². The highest BCUT2D eigenvalue weighted by molar-refractivity contribution is 5.23. The number of hydrogen-bond acceptors (Lipinski definition) is 4.